The van der Waals surface area contributed by atoms with E-state index in [1.165, 1.54) is 15.8 Å². The number of hydrogen-bond donors (Lipinski definition) is 1. The van der Waals surface area contributed by atoms with E-state index < -0.39 is 6.10 Å². The van der Waals surface area contributed by atoms with Crippen molar-refractivity contribution in [3.63, 3.8) is 0 Å². The third-order valence-electron chi connectivity index (χ3n) is 4.82. The van der Waals surface area contributed by atoms with Gasteiger partial charge in [0, 0.05) is 0 Å². The second-order valence-electron chi connectivity index (χ2n) is 6.66. The summed E-state index contributed by atoms with van der Waals surface area (Å²) in [5.41, 5.74) is 2.82. The number of fused-ring (bicyclic) bond motifs is 2. The van der Waals surface area contributed by atoms with E-state index in [0.717, 1.165) is 19.3 Å². The van der Waals surface area contributed by atoms with Crippen molar-refractivity contribution in [2.75, 3.05) is 6.61 Å². The Balaban J connectivity index is 1.43. The van der Waals surface area contributed by atoms with E-state index in [-0.39, 0.29) is 24.8 Å². The van der Waals surface area contributed by atoms with Crippen LogP contribution in [0.3, 0.4) is 0 Å². The van der Waals surface area contributed by atoms with Gasteiger partial charge in [0.1, 0.15) is 5.52 Å². The molecular formula is C20H21N3O3. The van der Waals surface area contributed by atoms with Crippen LogP contribution in [0.2, 0.25) is 0 Å². The van der Waals surface area contributed by atoms with Crippen LogP contribution in [-0.4, -0.2) is 32.8 Å². The molecule has 2 aromatic carbocycles. The van der Waals surface area contributed by atoms with Crippen LogP contribution >= 0.6 is 0 Å². The fourth-order valence-electron chi connectivity index (χ4n) is 3.50. The van der Waals surface area contributed by atoms with Gasteiger partial charge in [-0.1, -0.05) is 41.6 Å². The smallest absolute Gasteiger partial charge is 0.277 e. The average molecular weight is 351 g/mol. The lowest BCUT2D eigenvalue weighted by molar-refractivity contribution is -0.0241. The number of aromatic nitrogens is 3. The lowest BCUT2D eigenvalue weighted by Gasteiger charge is -2.26. The molecule has 0 radical (unpaired) electrons. The fourth-order valence-corrected chi connectivity index (χ4v) is 3.50. The van der Waals surface area contributed by atoms with Gasteiger partial charge in [0.15, 0.2) is 0 Å². The topological polar surface area (TPSA) is 77.2 Å². The van der Waals surface area contributed by atoms with Crippen molar-refractivity contribution < 1.29 is 9.84 Å². The highest BCUT2D eigenvalue weighted by atomic mass is 16.5. The van der Waals surface area contributed by atoms with Crippen molar-refractivity contribution in [3.05, 3.63) is 70.0 Å². The van der Waals surface area contributed by atoms with Crippen molar-refractivity contribution >= 4 is 10.9 Å². The minimum atomic E-state index is -0.822. The van der Waals surface area contributed by atoms with E-state index in [1.807, 2.05) is 18.2 Å². The van der Waals surface area contributed by atoms with Crippen LogP contribution in [0.25, 0.3) is 10.9 Å². The molecule has 1 aromatic heterocycles. The van der Waals surface area contributed by atoms with Crippen molar-refractivity contribution in [3.8, 4) is 0 Å². The first-order valence-corrected chi connectivity index (χ1v) is 8.92. The summed E-state index contributed by atoms with van der Waals surface area (Å²) < 4.78 is 7.16. The van der Waals surface area contributed by atoms with Crippen LogP contribution in [0.15, 0.2) is 53.3 Å². The van der Waals surface area contributed by atoms with Crippen LogP contribution in [0.1, 0.15) is 30.1 Å². The number of hydrogen-bond acceptors (Lipinski definition) is 5. The van der Waals surface area contributed by atoms with Gasteiger partial charge < -0.3 is 9.84 Å². The number of aliphatic hydroxyl groups excluding tert-OH is 1. The molecule has 134 valence electrons. The van der Waals surface area contributed by atoms with Gasteiger partial charge in [-0.15, -0.1) is 5.10 Å². The molecule has 0 amide bonds. The van der Waals surface area contributed by atoms with Crippen molar-refractivity contribution in [2.45, 2.75) is 38.0 Å². The highest BCUT2D eigenvalue weighted by Crippen LogP contribution is 2.32. The molecule has 0 bridgehead atoms. The van der Waals surface area contributed by atoms with E-state index >= 15 is 0 Å². The summed E-state index contributed by atoms with van der Waals surface area (Å²) in [6.07, 6.45) is 2.26. The average Bonchev–Trinajstić information content (AvgIpc) is 2.69. The summed E-state index contributed by atoms with van der Waals surface area (Å²) in [4.78, 5) is 12.4. The largest absolute Gasteiger partial charge is 0.389 e. The molecule has 1 heterocycles. The van der Waals surface area contributed by atoms with Crippen molar-refractivity contribution in [1.29, 1.82) is 0 Å². The molecule has 26 heavy (non-hydrogen) atoms. The first-order chi connectivity index (χ1) is 12.7. The Labute approximate surface area is 151 Å². The maximum atomic E-state index is 12.4. The van der Waals surface area contributed by atoms with Crippen LogP contribution in [0, 0.1) is 0 Å². The van der Waals surface area contributed by atoms with Gasteiger partial charge >= 0.3 is 0 Å². The van der Waals surface area contributed by atoms with Crippen molar-refractivity contribution in [1.82, 2.24) is 15.0 Å². The third kappa shape index (κ3) is 3.38. The van der Waals surface area contributed by atoms with Gasteiger partial charge in [0.2, 0.25) is 0 Å². The first-order valence-electron chi connectivity index (χ1n) is 8.92. The molecule has 0 spiro atoms. The first kappa shape index (κ1) is 16.9. The van der Waals surface area contributed by atoms with Gasteiger partial charge in [-0.05, 0) is 42.5 Å². The predicted molar refractivity (Wildman–Crippen MR) is 97.9 cm³/mol. The molecule has 0 aliphatic heterocycles. The monoisotopic (exact) mass is 351 g/mol. The lowest BCUT2D eigenvalue weighted by Crippen LogP contribution is -2.32. The number of rotatable bonds is 5. The lowest BCUT2D eigenvalue weighted by atomic mass is 9.89. The Morgan fingerprint density at radius 3 is 2.92 bits per heavy atom. The zero-order valence-electron chi connectivity index (χ0n) is 14.4. The number of ether oxygens (including phenoxy) is 1. The zero-order chi connectivity index (χ0) is 17.9. The Kier molecular flexibility index (Phi) is 4.77. The van der Waals surface area contributed by atoms with Crippen LogP contribution < -0.4 is 5.56 Å². The highest BCUT2D eigenvalue weighted by molar-refractivity contribution is 5.76. The quantitative estimate of drug-likeness (QED) is 0.763. The number of aryl methyl sites for hydroxylation is 1. The molecule has 3 aromatic rings. The summed E-state index contributed by atoms with van der Waals surface area (Å²) in [5, 5.41) is 18.8. The van der Waals surface area contributed by atoms with Crippen LogP contribution in [0.4, 0.5) is 0 Å². The Morgan fingerprint density at radius 2 is 2.00 bits per heavy atom. The fraction of sp³-hybridized carbons (Fsp3) is 0.350. The summed E-state index contributed by atoms with van der Waals surface area (Å²) in [5.74, 6) is 0. The Hall–Kier alpha value is -2.57. The molecule has 1 aliphatic rings. The summed E-state index contributed by atoms with van der Waals surface area (Å²) in [7, 11) is 0. The SMILES string of the molecule is O=c1c2ccccc2nnn1C[C@@H](O)CO[C@@H]1CCCc2ccccc21. The molecule has 0 unspecified atom stereocenters. The van der Waals surface area contributed by atoms with Crippen LogP contribution in [0.5, 0.6) is 0 Å². The number of benzene rings is 2. The Morgan fingerprint density at radius 1 is 1.19 bits per heavy atom. The van der Waals surface area contributed by atoms with E-state index in [9.17, 15) is 9.90 Å². The molecule has 1 N–H and O–H groups in total. The van der Waals surface area contributed by atoms with E-state index in [0.29, 0.717) is 10.9 Å². The Bertz CT molecular complexity index is 970. The van der Waals surface area contributed by atoms with Gasteiger partial charge in [-0.3, -0.25) is 4.79 Å². The highest BCUT2D eigenvalue weighted by Gasteiger charge is 2.21. The molecule has 2 atom stereocenters. The van der Waals surface area contributed by atoms with Crippen LogP contribution in [-0.2, 0) is 17.7 Å². The second-order valence-corrected chi connectivity index (χ2v) is 6.66. The molecule has 0 saturated heterocycles. The minimum Gasteiger partial charge on any atom is -0.389 e. The maximum absolute atomic E-state index is 12.4. The van der Waals surface area contributed by atoms with Gasteiger partial charge in [0.25, 0.3) is 5.56 Å². The zero-order valence-corrected chi connectivity index (χ0v) is 14.4. The van der Waals surface area contributed by atoms with E-state index in [2.05, 4.69) is 22.4 Å². The van der Waals surface area contributed by atoms with Crippen molar-refractivity contribution in [2.24, 2.45) is 0 Å². The number of nitrogens with zero attached hydrogens (tertiary/aromatic N) is 3. The maximum Gasteiger partial charge on any atom is 0.277 e. The molecule has 6 nitrogen and oxygen atoms in total. The molecule has 4 rings (SSSR count). The molecule has 0 saturated carbocycles. The normalized spacial score (nSPS) is 17.8. The van der Waals surface area contributed by atoms with Gasteiger partial charge in [-0.25, -0.2) is 4.68 Å². The summed E-state index contributed by atoms with van der Waals surface area (Å²) in [6, 6.07) is 15.3. The van der Waals surface area contributed by atoms with Gasteiger partial charge in [0.05, 0.1) is 30.7 Å². The number of aliphatic hydroxyl groups is 1. The summed E-state index contributed by atoms with van der Waals surface area (Å²) in [6.45, 7) is 0.213. The van der Waals surface area contributed by atoms with E-state index in [4.69, 9.17) is 4.74 Å². The standard InChI is InChI=1S/C20H21N3O3/c24-15(12-23-20(25)17-9-3-4-10-18(17)21-22-23)13-26-19-11-5-7-14-6-1-2-8-16(14)19/h1-4,6,8-10,15,19,24H,5,7,11-13H2/t15-,19-/m1/s1. The van der Waals surface area contributed by atoms with E-state index in [1.54, 1.807) is 18.2 Å². The molecule has 1 aliphatic carbocycles. The third-order valence-corrected chi connectivity index (χ3v) is 4.82. The minimum absolute atomic E-state index is 0.00555. The molecule has 6 heteroatoms. The van der Waals surface area contributed by atoms with Gasteiger partial charge in [-0.2, -0.15) is 0 Å². The summed E-state index contributed by atoms with van der Waals surface area (Å²) >= 11 is 0. The second kappa shape index (κ2) is 7.35. The molecule has 0 fully saturated rings. The molecular weight excluding hydrogens is 330 g/mol. The predicted octanol–water partition coefficient (Wildman–Crippen LogP) is 2.25.